The molecule has 0 aliphatic carbocycles. The Hall–Kier alpha value is 6.79. The largest absolute Gasteiger partial charge is 1.00 e. The fourth-order valence-corrected chi connectivity index (χ4v) is 8.43. The van der Waals surface area contributed by atoms with Crippen molar-refractivity contribution in [1.29, 1.82) is 0 Å². The van der Waals surface area contributed by atoms with Crippen molar-refractivity contribution < 1.29 is 518 Å². The zero-order valence-corrected chi connectivity index (χ0v) is 80.2. The minimum absolute atomic E-state index is 0. The summed E-state index contributed by atoms with van der Waals surface area (Å²) in [6, 6.07) is -5.52. The molecule has 0 radical (unpaired) electrons. The minimum Gasteiger partial charge on any atom is -0.735 e. The third-order valence-electron chi connectivity index (χ3n) is 9.80. The molecule has 0 aromatic carbocycles. The van der Waals surface area contributed by atoms with Crippen LogP contribution in [0.15, 0.2) is 0 Å². The van der Waals surface area contributed by atoms with Crippen LogP contribution in [-0.2, 0) is 158 Å². The Balaban J connectivity index is -0.000000196. The molecule has 0 aromatic heterocycles. The molecule has 5 saturated heterocycles. The van der Waals surface area contributed by atoms with Crippen molar-refractivity contribution in [3.63, 3.8) is 0 Å². The van der Waals surface area contributed by atoms with Gasteiger partial charge in [0.1, 0.15) is 55.2 Å². The number of rotatable bonds is 19. The van der Waals surface area contributed by atoms with Gasteiger partial charge in [0.2, 0.25) is 52.0 Å². The van der Waals surface area contributed by atoms with Gasteiger partial charge in [0.05, 0.1) is 25.4 Å². The average Bonchev–Trinajstić information content (AvgIpc) is 0.801. The van der Waals surface area contributed by atoms with Gasteiger partial charge in [0, 0.05) is 13.4 Å². The number of ether oxygens (including phenoxy) is 10. The van der Waals surface area contributed by atoms with Crippen LogP contribution in [0, 0.1) is 33.0 Å². The average molecular weight is 1730 g/mol. The van der Waals surface area contributed by atoms with Crippen LogP contribution < -0.4 is 305 Å². The van der Waals surface area contributed by atoms with Crippen LogP contribution in [-0.4, -0.2) is 309 Å². The molecule has 0 spiro atoms. The maximum Gasteiger partial charge on any atom is 1.00 e. The van der Waals surface area contributed by atoms with E-state index in [1.807, 2.05) is 0 Å². The van der Waals surface area contributed by atoms with E-state index in [9.17, 15) is 82.5 Å². The van der Waals surface area contributed by atoms with Crippen LogP contribution in [0.1, 0.15) is 0 Å². The molecule has 0 bridgehead atoms. The van der Waals surface area contributed by atoms with E-state index in [1.165, 1.54) is 4.72 Å². The van der Waals surface area contributed by atoms with Gasteiger partial charge in [-0.05, 0) is 18.2 Å². The topological polar surface area (TPSA) is 861 Å². The van der Waals surface area contributed by atoms with Crippen LogP contribution >= 0.6 is 0 Å². The Kier molecular flexibility index (Phi) is 84.7. The molecule has 5 aliphatic heterocycles. The summed E-state index contributed by atoms with van der Waals surface area (Å²) in [6.07, 6.45) is -30.6. The van der Waals surface area contributed by atoms with Gasteiger partial charge in [0.25, 0.3) is 0 Å². The Bertz CT molecular complexity index is 3150. The maximum atomic E-state index is 11.8. The Morgan fingerprint density at radius 1 is 0.495 bits per heavy atom. The Morgan fingerprint density at radius 3 is 1.24 bits per heavy atom. The number of hydrogen-bond acceptors (Lipinski definition) is 46. The van der Waals surface area contributed by atoms with Crippen LogP contribution in [0.2, 0.25) is 0 Å². The molecule has 5 aliphatic rings. The summed E-state index contributed by atoms with van der Waals surface area (Å²) < 4.78 is 325. The molecule has 5 heterocycles. The number of hydrogen-bond donors (Lipinski definition) is 11. The first-order valence-corrected chi connectivity index (χ1v) is 32.5. The zero-order chi connectivity index (χ0) is 71.8. The van der Waals surface area contributed by atoms with Crippen molar-refractivity contribution >= 4 is 95.5 Å². The standard InChI is InChI=1S/C29H47N3O30S4.2CO2.10Na.3H2O4S.O3S/c1-9-12(57-29-24(38)21(35)14(6-53-29)59-28-19(32-64(42,43)44)23(37)20(34)15(60-28)7-54-65(45,46)47)3-10(31-63(39,40)41)26(56-9)58-13-5-52-17(4-11(13)33)62-25-16(8-55-66(48,49)50)61-27(51-2)18(30)22(25)36;2*2-1-3;;;;;;;;;;;3*1-5(2,3)4;1-4(2)3/h3-6,9-38H,1,7-8H2,2H3,(H,39,40,41)(H,42,43,44)(H,45,46,47)(H,48,49,50);;;;;;;;;;;;;3*(H2,1,2,3,4);/q-6;;;10*+1;;;;/p-7/t9?,10?,11-,12-,13+,14+,15?,16?,17-,18?,19?,20+,21-,22+,23+,24?,25+,26-,27-,28-,29-;;;;;;;;;;;;;;;;/m0................/s1. The fourth-order valence-electron chi connectivity index (χ4n) is 6.72. The normalized spacial score (nSPS) is 30.5. The van der Waals surface area contributed by atoms with Crippen LogP contribution in [0.5, 0.6) is 0 Å². The summed E-state index contributed by atoms with van der Waals surface area (Å²) in [5.41, 5.74) is 8.13. The monoisotopic (exact) mass is 1730 g/mol. The Morgan fingerprint density at radius 2 is 0.861 bits per heavy atom. The van der Waals surface area contributed by atoms with Crippen molar-refractivity contribution in [1.82, 2.24) is 9.44 Å². The van der Waals surface area contributed by atoms with Crippen molar-refractivity contribution in [3.05, 3.63) is 38.7 Å². The smallest absolute Gasteiger partial charge is 0.735 e. The number of methoxy groups -OCH3 is 1. The second-order valence-electron chi connectivity index (χ2n) is 16.1. The van der Waals surface area contributed by atoms with Gasteiger partial charge < -0.3 is 123 Å². The predicted molar refractivity (Wildman–Crippen MR) is 250 cm³/mol. The molecule has 5 fully saturated rings. The van der Waals surface area contributed by atoms with Crippen molar-refractivity contribution in [3.8, 4) is 0 Å². The number of aliphatic hydroxyl groups is 6. The molecule has 101 heavy (non-hydrogen) atoms. The number of carbonyl (C=O) groups excluding carboxylic acids is 4. The third kappa shape index (κ3) is 66.5. The molecular formula is C31H46N3Na10O49S8-3. The van der Waals surface area contributed by atoms with E-state index in [1.54, 1.807) is 4.72 Å². The van der Waals surface area contributed by atoms with E-state index in [4.69, 9.17) is 137 Å². The van der Waals surface area contributed by atoms with E-state index >= 15 is 0 Å². The SMILES string of the molecule is O=C=O.O=C=O.O=S(=O)([O-])O.O=S(=O)([O-])O.O=S(=O)([O-])O.O=S(=O)=O.[CH2-]C1O[C@@H](O[C@@H]2[CH-]O[C@@H](O[C@@H]3C(COS(=O)(=O)[O-])O[C@H](OC)C([NH-])[C@H]3O)[CH-][C@@H]2O)C(NS(=O)(=O)[O-])[CH-][C@@H]1O[C@@H]1O[CH-][C@@H](O[C@H]2OC(COS(=O)(=O)[O-])[C@@H](O)[C@H](O)C2NS(=O)(=O)[O-])[C@H](O)C1O.[Na+].[Na+].[Na+].[Na+].[Na+].[Na+].[Na+].[Na+].[Na+].[Na+]. The first kappa shape index (κ1) is 134. The fraction of sp³-hybridized carbons (Fsp3) is 0.774. The summed E-state index contributed by atoms with van der Waals surface area (Å²) >= 11 is 0. The minimum atomic E-state index is -5.46. The van der Waals surface area contributed by atoms with Crippen LogP contribution in [0.3, 0.4) is 0 Å². The summed E-state index contributed by atoms with van der Waals surface area (Å²) in [6.45, 7) is 2.84. The molecular weight excluding hydrogens is 1680 g/mol. The van der Waals surface area contributed by atoms with E-state index in [2.05, 4.69) is 15.3 Å². The van der Waals surface area contributed by atoms with E-state index in [0.717, 1.165) is 26.6 Å². The zero-order valence-electron chi connectivity index (χ0n) is 53.7. The van der Waals surface area contributed by atoms with Crippen LogP contribution in [0.4, 0.5) is 0 Å². The molecule has 52 nitrogen and oxygen atoms in total. The molecule has 7 unspecified atom stereocenters. The predicted octanol–water partition coefficient (Wildman–Crippen LogP) is -44.1. The van der Waals surface area contributed by atoms with Crippen molar-refractivity contribution in [2.75, 3.05) is 20.3 Å². The van der Waals surface area contributed by atoms with Gasteiger partial charge in [-0.3, -0.25) is 28.4 Å². The van der Waals surface area contributed by atoms with E-state index < -0.39 is 225 Å². The summed E-state index contributed by atoms with van der Waals surface area (Å²) in [5.74, 6) is 0. The summed E-state index contributed by atoms with van der Waals surface area (Å²) in [4.78, 5) is 32.5. The van der Waals surface area contributed by atoms with Gasteiger partial charge in [0.15, 0.2) is 33.2 Å². The molecule has 0 aromatic rings. The first-order valence-electron chi connectivity index (χ1n) is 21.9. The second-order valence-corrected chi connectivity index (χ2v) is 23.5. The first-order chi connectivity index (χ1) is 41.0. The van der Waals surface area contributed by atoms with E-state index in [-0.39, 0.29) is 308 Å². The quantitative estimate of drug-likeness (QED) is 0.0248. The summed E-state index contributed by atoms with van der Waals surface area (Å²) in [5, 5.41) is 64.3. The molecule has 5 rings (SSSR count). The molecule has 12 N–H and O–H groups in total. The number of nitrogens with one attached hydrogen (secondary N) is 3. The number of aliphatic hydroxyl groups excluding tert-OH is 6. The van der Waals surface area contributed by atoms with Gasteiger partial charge in [-0.1, -0.05) is 24.4 Å². The van der Waals surface area contributed by atoms with E-state index in [0.29, 0.717) is 6.61 Å². The maximum absolute atomic E-state index is 11.8. The van der Waals surface area contributed by atoms with Gasteiger partial charge in [-0.25, -0.2) is 74.8 Å². The van der Waals surface area contributed by atoms with Crippen molar-refractivity contribution in [2.45, 2.75) is 129 Å². The molecule has 0 saturated carbocycles. The van der Waals surface area contributed by atoms with Gasteiger partial charge in [-0.2, -0.15) is 32.4 Å². The molecule has 70 heteroatoms. The van der Waals surface area contributed by atoms with Gasteiger partial charge >= 0.3 is 318 Å². The second kappa shape index (κ2) is 63.9. The molecule has 540 valence electrons. The molecule has 21 atom stereocenters. The van der Waals surface area contributed by atoms with Crippen molar-refractivity contribution in [2.24, 2.45) is 0 Å². The van der Waals surface area contributed by atoms with Gasteiger partial charge in [-0.15, -0.1) is 12.6 Å². The summed E-state index contributed by atoms with van der Waals surface area (Å²) in [7, 11) is -38.2. The Labute approximate surface area is 797 Å². The molecule has 0 amide bonds. The third-order valence-corrected chi connectivity index (χ3v) is 11.8. The van der Waals surface area contributed by atoms with Crippen LogP contribution in [0.25, 0.3) is 5.73 Å².